The lowest BCUT2D eigenvalue weighted by molar-refractivity contribution is 0.404. The SMILES string of the molecule is CCCN(CC1CC1)C(=S)Nc1ccc(C)cc1Cl. The topological polar surface area (TPSA) is 15.3 Å². The standard InChI is InChI=1S/C15H21ClN2S/c1-3-8-18(10-12-5-6-12)15(19)17-14-7-4-11(2)9-13(14)16/h4,7,9,12H,3,5-6,8,10H2,1-2H3,(H,17,19). The molecule has 0 unspecified atom stereocenters. The first-order valence-corrected chi connectivity index (χ1v) is 7.71. The first-order chi connectivity index (χ1) is 9.10. The van der Waals surface area contributed by atoms with Gasteiger partial charge in [-0.15, -0.1) is 0 Å². The Bertz CT molecular complexity index is 457. The van der Waals surface area contributed by atoms with Crippen molar-refractivity contribution in [1.82, 2.24) is 4.90 Å². The van der Waals surface area contributed by atoms with Gasteiger partial charge in [0.25, 0.3) is 0 Å². The molecule has 1 N–H and O–H groups in total. The quantitative estimate of drug-likeness (QED) is 0.807. The first kappa shape index (κ1) is 14.6. The molecule has 1 aliphatic rings. The summed E-state index contributed by atoms with van der Waals surface area (Å²) in [5.74, 6) is 0.833. The summed E-state index contributed by atoms with van der Waals surface area (Å²) >= 11 is 11.8. The summed E-state index contributed by atoms with van der Waals surface area (Å²) < 4.78 is 0. The van der Waals surface area contributed by atoms with Crippen LogP contribution < -0.4 is 5.32 Å². The molecule has 0 radical (unpaired) electrons. The predicted molar refractivity (Wildman–Crippen MR) is 87.0 cm³/mol. The summed E-state index contributed by atoms with van der Waals surface area (Å²) in [5, 5.41) is 4.80. The van der Waals surface area contributed by atoms with Crippen molar-refractivity contribution in [2.24, 2.45) is 5.92 Å². The fraction of sp³-hybridized carbons (Fsp3) is 0.533. The van der Waals surface area contributed by atoms with Crippen LogP contribution in [0.2, 0.25) is 5.02 Å². The van der Waals surface area contributed by atoms with E-state index < -0.39 is 0 Å². The van der Waals surface area contributed by atoms with Gasteiger partial charge in [0.1, 0.15) is 0 Å². The molecule has 4 heteroatoms. The maximum atomic E-state index is 6.23. The summed E-state index contributed by atoms with van der Waals surface area (Å²) in [6.45, 7) is 6.29. The van der Waals surface area contributed by atoms with Gasteiger partial charge in [0.15, 0.2) is 5.11 Å². The lowest BCUT2D eigenvalue weighted by Crippen LogP contribution is -2.36. The molecule has 2 nitrogen and oxygen atoms in total. The fourth-order valence-electron chi connectivity index (χ4n) is 2.07. The van der Waals surface area contributed by atoms with Crippen molar-refractivity contribution in [2.75, 3.05) is 18.4 Å². The fourth-order valence-corrected chi connectivity index (χ4v) is 2.63. The van der Waals surface area contributed by atoms with Gasteiger partial charge in [0, 0.05) is 13.1 Å². The smallest absolute Gasteiger partial charge is 0.173 e. The molecule has 0 aliphatic heterocycles. The molecule has 0 bridgehead atoms. The monoisotopic (exact) mass is 296 g/mol. The van der Waals surface area contributed by atoms with Crippen LogP contribution in [0.4, 0.5) is 5.69 Å². The Morgan fingerprint density at radius 1 is 1.47 bits per heavy atom. The van der Waals surface area contributed by atoms with Gasteiger partial charge in [-0.3, -0.25) is 0 Å². The molecule has 0 amide bonds. The normalized spacial score (nSPS) is 14.3. The lowest BCUT2D eigenvalue weighted by Gasteiger charge is -2.25. The number of nitrogens with one attached hydrogen (secondary N) is 1. The molecule has 2 rings (SSSR count). The zero-order valence-electron chi connectivity index (χ0n) is 11.6. The molecule has 104 valence electrons. The van der Waals surface area contributed by atoms with Crippen LogP contribution in [0.5, 0.6) is 0 Å². The zero-order valence-corrected chi connectivity index (χ0v) is 13.2. The lowest BCUT2D eigenvalue weighted by atomic mass is 10.2. The van der Waals surface area contributed by atoms with Crippen LogP contribution in [0.1, 0.15) is 31.7 Å². The summed E-state index contributed by atoms with van der Waals surface area (Å²) in [7, 11) is 0. The van der Waals surface area contributed by atoms with Crippen molar-refractivity contribution >= 4 is 34.6 Å². The highest BCUT2D eigenvalue weighted by atomic mass is 35.5. The summed E-state index contributed by atoms with van der Waals surface area (Å²) in [4.78, 5) is 2.27. The van der Waals surface area contributed by atoms with Gasteiger partial charge in [-0.25, -0.2) is 0 Å². The van der Waals surface area contributed by atoms with E-state index in [1.807, 2.05) is 25.1 Å². The van der Waals surface area contributed by atoms with Crippen LogP contribution in [0.15, 0.2) is 18.2 Å². The van der Waals surface area contributed by atoms with Gasteiger partial charge in [0.2, 0.25) is 0 Å². The van der Waals surface area contributed by atoms with E-state index in [1.165, 1.54) is 12.8 Å². The van der Waals surface area contributed by atoms with E-state index in [1.54, 1.807) is 0 Å². The van der Waals surface area contributed by atoms with Gasteiger partial charge in [-0.2, -0.15) is 0 Å². The third-order valence-electron chi connectivity index (χ3n) is 3.32. The highest BCUT2D eigenvalue weighted by Gasteiger charge is 2.25. The Hall–Kier alpha value is -0.800. The Morgan fingerprint density at radius 2 is 2.21 bits per heavy atom. The molecular formula is C15H21ClN2S. The zero-order chi connectivity index (χ0) is 13.8. The van der Waals surface area contributed by atoms with Crippen molar-refractivity contribution in [3.63, 3.8) is 0 Å². The molecule has 19 heavy (non-hydrogen) atoms. The Morgan fingerprint density at radius 3 is 2.79 bits per heavy atom. The summed E-state index contributed by atoms with van der Waals surface area (Å²) in [5.41, 5.74) is 2.05. The van der Waals surface area contributed by atoms with Crippen molar-refractivity contribution in [3.05, 3.63) is 28.8 Å². The second-order valence-corrected chi connectivity index (χ2v) is 6.10. The van der Waals surface area contributed by atoms with Gasteiger partial charge in [-0.05, 0) is 62.0 Å². The predicted octanol–water partition coefficient (Wildman–Crippen LogP) is 4.47. The van der Waals surface area contributed by atoms with E-state index in [0.717, 1.165) is 46.8 Å². The summed E-state index contributed by atoms with van der Waals surface area (Å²) in [6.07, 6.45) is 3.79. The van der Waals surface area contributed by atoms with E-state index in [0.29, 0.717) is 0 Å². The minimum absolute atomic E-state index is 0.727. The van der Waals surface area contributed by atoms with Crippen LogP contribution >= 0.6 is 23.8 Å². The third-order valence-corrected chi connectivity index (χ3v) is 4.00. The van der Waals surface area contributed by atoms with Gasteiger partial charge in [-0.1, -0.05) is 24.6 Å². The van der Waals surface area contributed by atoms with E-state index in [-0.39, 0.29) is 0 Å². The highest BCUT2D eigenvalue weighted by Crippen LogP contribution is 2.30. The molecule has 1 saturated carbocycles. The van der Waals surface area contributed by atoms with Gasteiger partial charge in [0.05, 0.1) is 10.7 Å². The van der Waals surface area contributed by atoms with E-state index >= 15 is 0 Å². The number of hydrogen-bond acceptors (Lipinski definition) is 1. The Balaban J connectivity index is 2.00. The number of aryl methyl sites for hydroxylation is 1. The molecule has 1 aromatic rings. The van der Waals surface area contributed by atoms with Crippen molar-refractivity contribution in [2.45, 2.75) is 33.1 Å². The van der Waals surface area contributed by atoms with E-state index in [2.05, 4.69) is 17.1 Å². The number of benzene rings is 1. The second-order valence-electron chi connectivity index (χ2n) is 5.30. The number of hydrogen-bond donors (Lipinski definition) is 1. The Labute approximate surface area is 126 Å². The third kappa shape index (κ3) is 4.36. The highest BCUT2D eigenvalue weighted by molar-refractivity contribution is 7.80. The molecular weight excluding hydrogens is 276 g/mol. The van der Waals surface area contributed by atoms with Crippen LogP contribution in [-0.4, -0.2) is 23.1 Å². The van der Waals surface area contributed by atoms with Crippen LogP contribution in [0.3, 0.4) is 0 Å². The average Bonchev–Trinajstić information content (AvgIpc) is 3.16. The van der Waals surface area contributed by atoms with Crippen LogP contribution in [0.25, 0.3) is 0 Å². The maximum absolute atomic E-state index is 6.23. The van der Waals surface area contributed by atoms with Crippen molar-refractivity contribution < 1.29 is 0 Å². The largest absolute Gasteiger partial charge is 0.349 e. The number of anilines is 1. The molecule has 0 spiro atoms. The Kier molecular flexibility index (Phi) is 5.06. The molecule has 1 aliphatic carbocycles. The van der Waals surface area contributed by atoms with Crippen molar-refractivity contribution in [1.29, 1.82) is 0 Å². The second kappa shape index (κ2) is 6.58. The molecule has 0 aromatic heterocycles. The number of thiocarbonyl (C=S) groups is 1. The van der Waals surface area contributed by atoms with E-state index in [9.17, 15) is 0 Å². The molecule has 0 heterocycles. The number of rotatable bonds is 5. The van der Waals surface area contributed by atoms with E-state index in [4.69, 9.17) is 23.8 Å². The molecule has 1 fully saturated rings. The maximum Gasteiger partial charge on any atom is 0.173 e. The summed E-state index contributed by atoms with van der Waals surface area (Å²) in [6, 6.07) is 5.99. The molecule has 1 aromatic carbocycles. The number of nitrogens with zero attached hydrogens (tertiary/aromatic N) is 1. The molecule has 0 saturated heterocycles. The minimum atomic E-state index is 0.727. The van der Waals surface area contributed by atoms with Crippen LogP contribution in [-0.2, 0) is 0 Å². The van der Waals surface area contributed by atoms with Gasteiger partial charge < -0.3 is 10.2 Å². The minimum Gasteiger partial charge on any atom is -0.349 e. The average molecular weight is 297 g/mol. The van der Waals surface area contributed by atoms with Gasteiger partial charge >= 0.3 is 0 Å². The first-order valence-electron chi connectivity index (χ1n) is 6.92. The van der Waals surface area contributed by atoms with Crippen LogP contribution in [0, 0.1) is 12.8 Å². The molecule has 0 atom stereocenters. The number of halogens is 1. The van der Waals surface area contributed by atoms with Crippen molar-refractivity contribution in [3.8, 4) is 0 Å².